The van der Waals surface area contributed by atoms with Gasteiger partial charge in [-0.25, -0.2) is 0 Å². The highest BCUT2D eigenvalue weighted by Crippen LogP contribution is 2.26. The van der Waals surface area contributed by atoms with Gasteiger partial charge in [-0.1, -0.05) is 11.6 Å². The summed E-state index contributed by atoms with van der Waals surface area (Å²) in [5.74, 6) is 0.776. The van der Waals surface area contributed by atoms with Gasteiger partial charge in [-0.15, -0.1) is 12.6 Å². The van der Waals surface area contributed by atoms with Crippen molar-refractivity contribution in [1.82, 2.24) is 0 Å². The molecule has 3 heteroatoms. The Morgan fingerprint density at radius 2 is 2.08 bits per heavy atom. The average Bonchev–Trinajstić information content (AvgIpc) is 1.94. The van der Waals surface area contributed by atoms with Gasteiger partial charge in [0.15, 0.2) is 0 Å². The van der Waals surface area contributed by atoms with Crippen LogP contribution in [-0.2, 0) is 0 Å². The van der Waals surface area contributed by atoms with Gasteiger partial charge in [-0.05, 0) is 32.0 Å². The molecule has 0 aromatic heterocycles. The first-order chi connectivity index (χ1) is 5.59. The number of halogens is 1. The molecule has 0 radical (unpaired) electrons. The number of thiol groups is 1. The summed E-state index contributed by atoms with van der Waals surface area (Å²) in [5.41, 5.74) is 0. The highest BCUT2D eigenvalue weighted by molar-refractivity contribution is 7.80. The van der Waals surface area contributed by atoms with Gasteiger partial charge in [0, 0.05) is 9.92 Å². The molecule has 0 heterocycles. The van der Waals surface area contributed by atoms with E-state index in [1.165, 1.54) is 0 Å². The Kier molecular flexibility index (Phi) is 3.29. The van der Waals surface area contributed by atoms with E-state index in [0.717, 1.165) is 10.6 Å². The highest BCUT2D eigenvalue weighted by atomic mass is 35.5. The number of hydrogen-bond donors (Lipinski definition) is 1. The van der Waals surface area contributed by atoms with Gasteiger partial charge < -0.3 is 4.74 Å². The quantitative estimate of drug-likeness (QED) is 0.724. The summed E-state index contributed by atoms with van der Waals surface area (Å²) in [4.78, 5) is 0.774. The summed E-state index contributed by atoms with van der Waals surface area (Å²) in [6.07, 6.45) is 0.164. The van der Waals surface area contributed by atoms with Crippen molar-refractivity contribution in [2.45, 2.75) is 24.8 Å². The fourth-order valence-electron chi connectivity index (χ4n) is 0.844. The van der Waals surface area contributed by atoms with E-state index >= 15 is 0 Å². The van der Waals surface area contributed by atoms with Crippen LogP contribution < -0.4 is 4.74 Å². The minimum Gasteiger partial charge on any atom is -0.490 e. The first-order valence-corrected chi connectivity index (χ1v) is 4.57. The average molecular weight is 203 g/mol. The lowest BCUT2D eigenvalue weighted by Gasteiger charge is -2.11. The van der Waals surface area contributed by atoms with E-state index in [9.17, 15) is 0 Å². The van der Waals surface area contributed by atoms with Crippen LogP contribution in [0.4, 0.5) is 0 Å². The second-order valence-corrected chi connectivity index (χ2v) is 3.70. The molecule has 0 amide bonds. The second kappa shape index (κ2) is 4.06. The van der Waals surface area contributed by atoms with Gasteiger partial charge in [-0.3, -0.25) is 0 Å². The van der Waals surface area contributed by atoms with Crippen LogP contribution in [0.1, 0.15) is 13.8 Å². The molecule has 0 aliphatic carbocycles. The largest absolute Gasteiger partial charge is 0.490 e. The van der Waals surface area contributed by atoms with E-state index in [4.69, 9.17) is 16.3 Å². The van der Waals surface area contributed by atoms with Crippen molar-refractivity contribution in [3.05, 3.63) is 23.2 Å². The minimum absolute atomic E-state index is 0.164. The Morgan fingerprint density at radius 3 is 2.58 bits per heavy atom. The van der Waals surface area contributed by atoms with Crippen LogP contribution >= 0.6 is 24.2 Å². The van der Waals surface area contributed by atoms with Gasteiger partial charge >= 0.3 is 0 Å². The van der Waals surface area contributed by atoms with Crippen molar-refractivity contribution in [3.8, 4) is 5.75 Å². The van der Waals surface area contributed by atoms with E-state index in [0.29, 0.717) is 5.02 Å². The third kappa shape index (κ3) is 2.61. The molecular formula is C9H11ClOS. The van der Waals surface area contributed by atoms with Crippen molar-refractivity contribution in [2.24, 2.45) is 0 Å². The first kappa shape index (κ1) is 9.75. The van der Waals surface area contributed by atoms with E-state index in [-0.39, 0.29) is 6.10 Å². The predicted octanol–water partition coefficient (Wildman–Crippen LogP) is 3.42. The maximum Gasteiger partial charge on any atom is 0.133 e. The molecule has 1 rings (SSSR count). The van der Waals surface area contributed by atoms with Crippen LogP contribution in [0.25, 0.3) is 0 Å². The smallest absolute Gasteiger partial charge is 0.133 e. The van der Waals surface area contributed by atoms with Crippen molar-refractivity contribution in [3.63, 3.8) is 0 Å². The molecule has 0 atom stereocenters. The van der Waals surface area contributed by atoms with Gasteiger partial charge in [0.05, 0.1) is 6.10 Å². The van der Waals surface area contributed by atoms with Crippen molar-refractivity contribution in [2.75, 3.05) is 0 Å². The van der Waals surface area contributed by atoms with Crippen molar-refractivity contribution in [1.29, 1.82) is 0 Å². The van der Waals surface area contributed by atoms with E-state index in [1.807, 2.05) is 19.9 Å². The normalized spacial score (nSPS) is 10.4. The van der Waals surface area contributed by atoms with Crippen LogP contribution in [0.5, 0.6) is 5.75 Å². The summed E-state index contributed by atoms with van der Waals surface area (Å²) in [7, 11) is 0. The van der Waals surface area contributed by atoms with Crippen LogP contribution in [0.3, 0.4) is 0 Å². The summed E-state index contributed by atoms with van der Waals surface area (Å²) in [6.45, 7) is 3.95. The van der Waals surface area contributed by atoms with Crippen LogP contribution in [0.2, 0.25) is 5.02 Å². The number of ether oxygens (including phenoxy) is 1. The lowest BCUT2D eigenvalue weighted by atomic mass is 10.3. The van der Waals surface area contributed by atoms with Gasteiger partial charge in [0.25, 0.3) is 0 Å². The predicted molar refractivity (Wildman–Crippen MR) is 54.5 cm³/mol. The van der Waals surface area contributed by atoms with Crippen molar-refractivity contribution >= 4 is 24.2 Å². The SMILES string of the molecule is CC(C)Oc1ccc(Cl)cc1S. The molecule has 0 N–H and O–H groups in total. The fourth-order valence-corrected chi connectivity index (χ4v) is 1.36. The van der Waals surface area contributed by atoms with Crippen molar-refractivity contribution < 1.29 is 4.74 Å². The Labute approximate surface area is 83.1 Å². The highest BCUT2D eigenvalue weighted by Gasteiger charge is 2.02. The Balaban J connectivity index is 2.86. The lowest BCUT2D eigenvalue weighted by Crippen LogP contribution is -2.05. The third-order valence-electron chi connectivity index (χ3n) is 1.28. The molecule has 0 unspecified atom stereocenters. The van der Waals surface area contributed by atoms with E-state index < -0.39 is 0 Å². The summed E-state index contributed by atoms with van der Waals surface area (Å²) in [6, 6.07) is 5.38. The van der Waals surface area contributed by atoms with E-state index in [2.05, 4.69) is 12.6 Å². The Bertz CT molecular complexity index is 273. The molecule has 0 aliphatic rings. The molecule has 0 saturated heterocycles. The molecule has 1 aromatic rings. The molecular weight excluding hydrogens is 192 g/mol. The molecule has 0 saturated carbocycles. The van der Waals surface area contributed by atoms with E-state index in [1.54, 1.807) is 12.1 Å². The zero-order chi connectivity index (χ0) is 9.14. The topological polar surface area (TPSA) is 9.23 Å². The maximum absolute atomic E-state index is 5.75. The number of benzene rings is 1. The third-order valence-corrected chi connectivity index (χ3v) is 1.87. The zero-order valence-corrected chi connectivity index (χ0v) is 8.69. The molecule has 66 valence electrons. The molecule has 0 bridgehead atoms. The Morgan fingerprint density at radius 1 is 1.42 bits per heavy atom. The van der Waals surface area contributed by atoms with Crippen LogP contribution in [0.15, 0.2) is 23.1 Å². The summed E-state index contributed by atoms with van der Waals surface area (Å²) < 4.78 is 5.46. The summed E-state index contributed by atoms with van der Waals surface area (Å²) in [5, 5.41) is 0.677. The lowest BCUT2D eigenvalue weighted by molar-refractivity contribution is 0.236. The number of rotatable bonds is 2. The second-order valence-electron chi connectivity index (χ2n) is 2.78. The molecule has 1 nitrogen and oxygen atoms in total. The monoisotopic (exact) mass is 202 g/mol. The standard InChI is InChI=1S/C9H11ClOS/c1-6(2)11-8-4-3-7(10)5-9(8)12/h3-6,12H,1-2H3. The number of hydrogen-bond acceptors (Lipinski definition) is 2. The molecule has 12 heavy (non-hydrogen) atoms. The summed E-state index contributed by atoms with van der Waals surface area (Å²) >= 11 is 9.98. The first-order valence-electron chi connectivity index (χ1n) is 3.75. The maximum atomic E-state index is 5.75. The van der Waals surface area contributed by atoms with Gasteiger partial charge in [0.2, 0.25) is 0 Å². The zero-order valence-electron chi connectivity index (χ0n) is 7.04. The van der Waals surface area contributed by atoms with Gasteiger partial charge in [-0.2, -0.15) is 0 Å². The Hall–Kier alpha value is -0.340. The molecule has 1 aromatic carbocycles. The van der Waals surface area contributed by atoms with Gasteiger partial charge in [0.1, 0.15) is 5.75 Å². The molecule has 0 fully saturated rings. The molecule has 0 spiro atoms. The van der Waals surface area contributed by atoms with Crippen LogP contribution in [0, 0.1) is 0 Å². The minimum atomic E-state index is 0.164. The van der Waals surface area contributed by atoms with Crippen LogP contribution in [-0.4, -0.2) is 6.10 Å². The molecule has 0 aliphatic heterocycles. The fraction of sp³-hybridized carbons (Fsp3) is 0.333.